The molecule has 1 aliphatic rings. The highest BCUT2D eigenvalue weighted by molar-refractivity contribution is 6.17. The third kappa shape index (κ3) is 5.03. The zero-order chi connectivity index (χ0) is 15.0. The number of halogens is 1. The van der Waals surface area contributed by atoms with E-state index in [0.717, 1.165) is 32.4 Å². The summed E-state index contributed by atoms with van der Waals surface area (Å²) < 4.78 is 0. The van der Waals surface area contributed by atoms with Gasteiger partial charge in [-0.05, 0) is 39.4 Å². The highest BCUT2D eigenvalue weighted by atomic mass is 35.5. The predicted octanol–water partition coefficient (Wildman–Crippen LogP) is 1.16. The molecule has 0 spiro atoms. The average Bonchev–Trinajstić information content (AvgIpc) is 2.47. The van der Waals surface area contributed by atoms with Crippen molar-refractivity contribution in [2.24, 2.45) is 0 Å². The molecule has 112 valence electrons. The Labute approximate surface area is 126 Å². The molecule has 0 aliphatic carbocycles. The molecule has 0 aromatic carbocycles. The number of carbonyl (C=O) groups is 1. The third-order valence-electron chi connectivity index (χ3n) is 3.61. The number of hydrogen-bond acceptors (Lipinski definition) is 4. The van der Waals surface area contributed by atoms with Crippen LogP contribution in [-0.4, -0.2) is 61.4 Å². The van der Waals surface area contributed by atoms with E-state index in [9.17, 15) is 4.79 Å². The number of amides is 1. The van der Waals surface area contributed by atoms with Gasteiger partial charge in [-0.2, -0.15) is 5.26 Å². The highest BCUT2D eigenvalue weighted by Gasteiger charge is 2.25. The van der Waals surface area contributed by atoms with Crippen molar-refractivity contribution in [1.82, 2.24) is 15.1 Å². The Balaban J connectivity index is 2.55. The third-order valence-corrected chi connectivity index (χ3v) is 3.88. The first-order valence-electron chi connectivity index (χ1n) is 6.95. The zero-order valence-corrected chi connectivity index (χ0v) is 13.0. The van der Waals surface area contributed by atoms with E-state index in [2.05, 4.69) is 17.3 Å². The number of alkyl halides is 1. The van der Waals surface area contributed by atoms with Crippen molar-refractivity contribution in [2.45, 2.75) is 25.3 Å². The lowest BCUT2D eigenvalue weighted by molar-refractivity contribution is -0.128. The normalized spacial score (nSPS) is 17.6. The molecule has 1 heterocycles. The zero-order valence-electron chi connectivity index (χ0n) is 12.2. The molecule has 0 radical (unpaired) electrons. The molecule has 0 saturated carbocycles. The van der Waals surface area contributed by atoms with Gasteiger partial charge in [0.1, 0.15) is 11.6 Å². The van der Waals surface area contributed by atoms with Gasteiger partial charge in [-0.3, -0.25) is 4.79 Å². The number of likely N-dealkylation sites (N-methyl/N-ethyl adjacent to an activating group) is 1. The van der Waals surface area contributed by atoms with E-state index in [-0.39, 0.29) is 17.5 Å². The number of piperidine rings is 1. The molecule has 1 saturated heterocycles. The minimum Gasteiger partial charge on any atom is -0.390 e. The number of rotatable bonds is 6. The summed E-state index contributed by atoms with van der Waals surface area (Å²) in [7, 11) is 3.86. The number of nitrogens with one attached hydrogen (secondary N) is 1. The molecule has 1 aliphatic heterocycles. The first-order valence-corrected chi connectivity index (χ1v) is 7.49. The summed E-state index contributed by atoms with van der Waals surface area (Å²) in [4.78, 5) is 16.2. The summed E-state index contributed by atoms with van der Waals surface area (Å²) in [6, 6.07) is 2.19. The van der Waals surface area contributed by atoms with Crippen LogP contribution in [0.15, 0.2) is 11.8 Å². The Morgan fingerprint density at radius 3 is 2.75 bits per heavy atom. The molecule has 1 amide bonds. The van der Waals surface area contributed by atoms with Crippen molar-refractivity contribution in [1.29, 1.82) is 5.26 Å². The van der Waals surface area contributed by atoms with E-state index in [1.807, 2.05) is 6.07 Å². The molecule has 0 bridgehead atoms. The fraction of sp³-hybridized carbons (Fsp3) is 0.714. The summed E-state index contributed by atoms with van der Waals surface area (Å²) in [5.74, 6) is 0.354. The van der Waals surface area contributed by atoms with Crippen LogP contribution < -0.4 is 5.32 Å². The Morgan fingerprint density at radius 2 is 2.20 bits per heavy atom. The smallest absolute Gasteiger partial charge is 0.265 e. The Hall–Kier alpha value is -1.25. The monoisotopic (exact) mass is 298 g/mol. The van der Waals surface area contributed by atoms with E-state index in [1.54, 1.807) is 11.9 Å². The van der Waals surface area contributed by atoms with Gasteiger partial charge in [0.15, 0.2) is 0 Å². The van der Waals surface area contributed by atoms with Crippen molar-refractivity contribution in [3.05, 3.63) is 11.8 Å². The molecule has 20 heavy (non-hydrogen) atoms. The second-order valence-corrected chi connectivity index (χ2v) is 5.49. The van der Waals surface area contributed by atoms with E-state index < -0.39 is 0 Å². The first-order chi connectivity index (χ1) is 9.60. The minimum absolute atomic E-state index is 0.154. The van der Waals surface area contributed by atoms with Crippen LogP contribution in [-0.2, 0) is 4.79 Å². The van der Waals surface area contributed by atoms with Crippen molar-refractivity contribution < 1.29 is 4.79 Å². The van der Waals surface area contributed by atoms with E-state index in [4.69, 9.17) is 16.9 Å². The van der Waals surface area contributed by atoms with Crippen LogP contribution >= 0.6 is 11.6 Å². The maximum Gasteiger partial charge on any atom is 0.265 e. The molecular weight excluding hydrogens is 276 g/mol. The molecule has 0 aromatic heterocycles. The van der Waals surface area contributed by atoms with Crippen molar-refractivity contribution >= 4 is 17.5 Å². The van der Waals surface area contributed by atoms with Gasteiger partial charge in [0.25, 0.3) is 5.91 Å². The molecule has 1 N–H and O–H groups in total. The van der Waals surface area contributed by atoms with Gasteiger partial charge in [0.2, 0.25) is 0 Å². The van der Waals surface area contributed by atoms with Crippen LogP contribution in [0.4, 0.5) is 0 Å². The van der Waals surface area contributed by atoms with Crippen LogP contribution in [0.5, 0.6) is 0 Å². The number of nitriles is 1. The van der Waals surface area contributed by atoms with E-state index in [0.29, 0.717) is 12.4 Å². The van der Waals surface area contributed by atoms with Gasteiger partial charge >= 0.3 is 0 Å². The lowest BCUT2D eigenvalue weighted by atomic mass is 10.0. The van der Waals surface area contributed by atoms with Crippen molar-refractivity contribution in [3.63, 3.8) is 0 Å². The molecule has 1 rings (SSSR count). The first kappa shape index (κ1) is 16.8. The van der Waals surface area contributed by atoms with Gasteiger partial charge < -0.3 is 15.1 Å². The number of likely N-dealkylation sites (tertiary alicyclic amines) is 1. The summed E-state index contributed by atoms with van der Waals surface area (Å²) in [5, 5.41) is 12.1. The predicted molar refractivity (Wildman–Crippen MR) is 80.3 cm³/mol. The van der Waals surface area contributed by atoms with Crippen LogP contribution in [0.3, 0.4) is 0 Å². The molecule has 0 atom stereocenters. The summed E-state index contributed by atoms with van der Waals surface area (Å²) in [5.41, 5.74) is 0.154. The van der Waals surface area contributed by atoms with Gasteiger partial charge in [-0.25, -0.2) is 0 Å². The summed E-state index contributed by atoms with van der Waals surface area (Å²) in [6.07, 6.45) is 4.21. The topological polar surface area (TPSA) is 59.4 Å². The molecule has 0 unspecified atom stereocenters. The van der Waals surface area contributed by atoms with Crippen LogP contribution in [0.1, 0.15) is 19.3 Å². The lowest BCUT2D eigenvalue weighted by Crippen LogP contribution is -2.45. The molecule has 1 fully saturated rings. The van der Waals surface area contributed by atoms with Gasteiger partial charge in [-0.15, -0.1) is 11.6 Å². The number of hydrogen-bond donors (Lipinski definition) is 1. The molecule has 6 heteroatoms. The summed E-state index contributed by atoms with van der Waals surface area (Å²) >= 11 is 5.57. The van der Waals surface area contributed by atoms with E-state index in [1.165, 1.54) is 6.20 Å². The molecule has 5 nitrogen and oxygen atoms in total. The van der Waals surface area contributed by atoms with Crippen LogP contribution in [0.2, 0.25) is 0 Å². The van der Waals surface area contributed by atoms with Gasteiger partial charge in [0, 0.05) is 31.7 Å². The van der Waals surface area contributed by atoms with E-state index >= 15 is 0 Å². The minimum atomic E-state index is -0.208. The Kier molecular flexibility index (Phi) is 7.42. The van der Waals surface area contributed by atoms with Crippen molar-refractivity contribution in [3.8, 4) is 6.07 Å². The largest absolute Gasteiger partial charge is 0.390 e. The maximum atomic E-state index is 12.3. The van der Waals surface area contributed by atoms with Crippen LogP contribution in [0, 0.1) is 11.3 Å². The van der Waals surface area contributed by atoms with Crippen LogP contribution in [0.25, 0.3) is 0 Å². The van der Waals surface area contributed by atoms with Gasteiger partial charge in [-0.1, -0.05) is 0 Å². The fourth-order valence-electron chi connectivity index (χ4n) is 2.22. The van der Waals surface area contributed by atoms with Gasteiger partial charge in [0.05, 0.1) is 0 Å². The quantitative estimate of drug-likeness (QED) is 0.346. The Morgan fingerprint density at radius 1 is 1.55 bits per heavy atom. The maximum absolute atomic E-state index is 12.3. The lowest BCUT2D eigenvalue weighted by Gasteiger charge is -2.34. The second kappa shape index (κ2) is 8.83. The Bertz CT molecular complexity index is 383. The molecular formula is C14H23ClN4O. The number of nitrogens with zero attached hydrogens (tertiary/aromatic N) is 3. The summed E-state index contributed by atoms with van der Waals surface area (Å²) in [6.45, 7) is 2.64. The SMILES string of the molecule is CN1CCC(N(C)C(=O)/C(C#N)=C\NCCCCl)CC1. The standard InChI is InChI=1S/C14H23ClN4O/c1-18-8-4-13(5-9-18)19(2)14(20)12(10-16)11-17-7-3-6-15/h11,13,17H,3-9H2,1-2H3/b12-11-. The second-order valence-electron chi connectivity index (χ2n) is 5.12. The van der Waals surface area contributed by atoms with Crippen molar-refractivity contribution in [2.75, 3.05) is 39.6 Å². The number of carbonyl (C=O) groups excluding carboxylic acids is 1. The highest BCUT2D eigenvalue weighted by Crippen LogP contribution is 2.15. The fourth-order valence-corrected chi connectivity index (χ4v) is 2.36. The molecule has 0 aromatic rings. The average molecular weight is 299 g/mol.